The Morgan fingerprint density at radius 2 is 1.50 bits per heavy atom. The number of hydrogen-bond acceptors (Lipinski definition) is 3. The molecule has 0 rings (SSSR count). The zero-order valence-corrected chi connectivity index (χ0v) is 4.50. The predicted octanol–water partition coefficient (Wildman–Crippen LogP) is -1.47. The van der Waals surface area contributed by atoms with Crippen LogP contribution in [0.1, 0.15) is 0 Å². The van der Waals surface area contributed by atoms with Gasteiger partial charge in [-0.25, -0.2) is 4.79 Å². The van der Waals surface area contributed by atoms with Gasteiger partial charge in [-0.05, 0) is 0 Å². The summed E-state index contributed by atoms with van der Waals surface area (Å²) in [4.78, 5) is 8.78. The molecule has 0 aliphatic rings. The average Bonchev–Trinajstić information content (AvgIpc) is 1.65. The first kappa shape index (κ1) is 10.2. The van der Waals surface area contributed by atoms with E-state index in [1.54, 1.807) is 0 Å². The second-order valence-corrected chi connectivity index (χ2v) is 0.916. The number of hydrogen-bond donors (Lipinski definition) is 4. The third-order valence-electron chi connectivity index (χ3n) is 0.167. The summed E-state index contributed by atoms with van der Waals surface area (Å²) in [5.41, 5.74) is 13.8. The van der Waals surface area contributed by atoms with Crippen molar-refractivity contribution in [1.29, 1.82) is 0 Å². The van der Waals surface area contributed by atoms with Gasteiger partial charge in [0, 0.05) is 13.1 Å². The van der Waals surface area contributed by atoms with Crippen LogP contribution in [0.2, 0.25) is 0 Å². The van der Waals surface area contributed by atoms with E-state index in [1.165, 1.54) is 0 Å². The van der Waals surface area contributed by atoms with Crippen molar-refractivity contribution in [2.45, 2.75) is 0 Å². The van der Waals surface area contributed by atoms with Crippen molar-refractivity contribution < 1.29 is 9.90 Å². The molecule has 0 saturated carbocycles. The maximum absolute atomic E-state index is 8.78. The molecule has 50 valence electrons. The Hall–Kier alpha value is -0.810. The van der Waals surface area contributed by atoms with Crippen LogP contribution in [-0.2, 0) is 0 Å². The fourth-order valence-electron chi connectivity index (χ4n) is 0. The van der Waals surface area contributed by atoms with Crippen LogP contribution >= 0.6 is 0 Å². The quantitative estimate of drug-likeness (QED) is 0.339. The van der Waals surface area contributed by atoms with E-state index in [1.807, 2.05) is 0 Å². The highest BCUT2D eigenvalue weighted by Gasteiger charge is 1.65. The van der Waals surface area contributed by atoms with Crippen LogP contribution in [0.15, 0.2) is 0 Å². The van der Waals surface area contributed by atoms with Crippen molar-refractivity contribution in [2.24, 2.45) is 17.2 Å². The molecule has 0 aromatic rings. The molecule has 0 fully saturated rings. The van der Waals surface area contributed by atoms with Crippen LogP contribution in [0.4, 0.5) is 4.79 Å². The highest BCUT2D eigenvalue weighted by Crippen LogP contribution is 1.34. The Labute approximate surface area is 47.5 Å². The molecule has 0 radical (unpaired) electrons. The van der Waals surface area contributed by atoms with E-state index in [0.717, 1.165) is 0 Å². The molecule has 0 atom stereocenters. The maximum Gasteiger partial charge on any atom is 0.402 e. The third-order valence-corrected chi connectivity index (χ3v) is 0.167. The van der Waals surface area contributed by atoms with Crippen molar-refractivity contribution in [3.8, 4) is 0 Å². The van der Waals surface area contributed by atoms with Crippen LogP contribution in [0.3, 0.4) is 0 Å². The minimum Gasteiger partial charge on any atom is -0.465 e. The number of carboxylic acid groups (broad SMARTS) is 1. The maximum atomic E-state index is 8.78. The van der Waals surface area contributed by atoms with Gasteiger partial charge in [0.15, 0.2) is 0 Å². The fourth-order valence-corrected chi connectivity index (χ4v) is 0. The first-order chi connectivity index (χ1) is 3.65. The van der Waals surface area contributed by atoms with Crippen molar-refractivity contribution in [3.63, 3.8) is 0 Å². The smallest absolute Gasteiger partial charge is 0.402 e. The molecule has 0 saturated heterocycles. The van der Waals surface area contributed by atoms with Gasteiger partial charge in [0.2, 0.25) is 0 Å². The van der Waals surface area contributed by atoms with E-state index in [9.17, 15) is 0 Å². The number of nitrogens with two attached hydrogens (primary N) is 3. The van der Waals surface area contributed by atoms with Crippen LogP contribution < -0.4 is 17.2 Å². The second kappa shape index (κ2) is 9.50. The molecule has 0 unspecified atom stereocenters. The highest BCUT2D eigenvalue weighted by atomic mass is 16.4. The van der Waals surface area contributed by atoms with Gasteiger partial charge in [0.05, 0.1) is 0 Å². The van der Waals surface area contributed by atoms with Gasteiger partial charge in [-0.2, -0.15) is 0 Å². The van der Waals surface area contributed by atoms with Crippen LogP contribution in [-0.4, -0.2) is 24.3 Å². The standard InChI is InChI=1S/C2H8N2.CH3NO2/c3-1-2-4;2-1(3)4/h1-4H2;2H2,(H,3,4). The van der Waals surface area contributed by atoms with E-state index < -0.39 is 6.09 Å². The topological polar surface area (TPSA) is 115 Å². The minimum absolute atomic E-state index is 0.597. The Kier molecular flexibility index (Phi) is 12.1. The van der Waals surface area contributed by atoms with E-state index in [2.05, 4.69) is 5.73 Å². The summed E-state index contributed by atoms with van der Waals surface area (Å²) < 4.78 is 0. The summed E-state index contributed by atoms with van der Waals surface area (Å²) in [7, 11) is 0. The summed E-state index contributed by atoms with van der Waals surface area (Å²) in [5, 5.41) is 7.19. The summed E-state index contributed by atoms with van der Waals surface area (Å²) in [6, 6.07) is 0. The highest BCUT2D eigenvalue weighted by molar-refractivity contribution is 5.61. The molecule has 0 aliphatic heterocycles. The predicted molar refractivity (Wildman–Crippen MR) is 30.3 cm³/mol. The first-order valence-corrected chi connectivity index (χ1v) is 2.03. The summed E-state index contributed by atoms with van der Waals surface area (Å²) in [6.45, 7) is 1.19. The lowest BCUT2D eigenvalue weighted by atomic mass is 10.7. The first-order valence-electron chi connectivity index (χ1n) is 2.03. The molecule has 0 spiro atoms. The molecule has 8 heavy (non-hydrogen) atoms. The van der Waals surface area contributed by atoms with Gasteiger partial charge < -0.3 is 22.3 Å². The molecule has 7 N–H and O–H groups in total. The van der Waals surface area contributed by atoms with Gasteiger partial charge in [-0.1, -0.05) is 0 Å². The van der Waals surface area contributed by atoms with Gasteiger partial charge in [0.1, 0.15) is 0 Å². The molecule has 0 bridgehead atoms. The number of primary amides is 1. The fraction of sp³-hybridized carbons (Fsp3) is 0.667. The third kappa shape index (κ3) is 2520. The van der Waals surface area contributed by atoms with Crippen molar-refractivity contribution in [2.75, 3.05) is 13.1 Å². The molecule has 5 heteroatoms. The lowest BCUT2D eigenvalue weighted by Gasteiger charge is -1.72. The lowest BCUT2D eigenvalue weighted by molar-refractivity contribution is 0.205. The summed E-state index contributed by atoms with van der Waals surface area (Å²) in [6.07, 6.45) is -1.33. The molecular weight excluding hydrogens is 110 g/mol. The molecular formula is C3H11N3O2. The SMILES string of the molecule is NC(=O)O.NCCN. The van der Waals surface area contributed by atoms with Gasteiger partial charge in [0.25, 0.3) is 0 Å². The summed E-state index contributed by atoms with van der Waals surface area (Å²) >= 11 is 0. The number of rotatable bonds is 1. The monoisotopic (exact) mass is 121 g/mol. The number of carbonyl (C=O) groups is 1. The summed E-state index contributed by atoms with van der Waals surface area (Å²) in [5.74, 6) is 0. The second-order valence-electron chi connectivity index (χ2n) is 0.916. The molecule has 5 nitrogen and oxygen atoms in total. The van der Waals surface area contributed by atoms with E-state index in [0.29, 0.717) is 13.1 Å². The van der Waals surface area contributed by atoms with E-state index >= 15 is 0 Å². The Balaban J connectivity index is 0. The van der Waals surface area contributed by atoms with E-state index in [-0.39, 0.29) is 0 Å². The molecule has 1 amide bonds. The van der Waals surface area contributed by atoms with Crippen LogP contribution in [0, 0.1) is 0 Å². The Morgan fingerprint density at radius 1 is 1.38 bits per heavy atom. The Bertz CT molecular complexity index is 50.5. The molecule has 0 aromatic heterocycles. The zero-order chi connectivity index (χ0) is 6.99. The molecule has 0 aliphatic carbocycles. The van der Waals surface area contributed by atoms with Crippen LogP contribution in [0.5, 0.6) is 0 Å². The van der Waals surface area contributed by atoms with Crippen molar-refractivity contribution in [3.05, 3.63) is 0 Å². The molecule has 0 heterocycles. The minimum atomic E-state index is -1.33. The molecule has 0 aromatic carbocycles. The normalized spacial score (nSPS) is 6.75. The average molecular weight is 121 g/mol. The van der Waals surface area contributed by atoms with Crippen LogP contribution in [0.25, 0.3) is 0 Å². The lowest BCUT2D eigenvalue weighted by Crippen LogP contribution is -2.11. The van der Waals surface area contributed by atoms with Gasteiger partial charge in [-0.15, -0.1) is 0 Å². The van der Waals surface area contributed by atoms with Crippen molar-refractivity contribution >= 4 is 6.09 Å². The van der Waals surface area contributed by atoms with Gasteiger partial charge in [-0.3, -0.25) is 0 Å². The number of amides is 1. The van der Waals surface area contributed by atoms with Gasteiger partial charge >= 0.3 is 6.09 Å². The zero-order valence-electron chi connectivity index (χ0n) is 4.50. The van der Waals surface area contributed by atoms with E-state index in [4.69, 9.17) is 21.4 Å². The largest absolute Gasteiger partial charge is 0.465 e. The van der Waals surface area contributed by atoms with Crippen molar-refractivity contribution in [1.82, 2.24) is 0 Å². The Morgan fingerprint density at radius 3 is 1.50 bits per heavy atom.